The van der Waals surface area contributed by atoms with Crippen LogP contribution in [0, 0.1) is 11.3 Å². The van der Waals surface area contributed by atoms with Gasteiger partial charge in [0.05, 0.1) is 0 Å². The molecule has 0 N–H and O–H groups in total. The first kappa shape index (κ1) is 12.5. The van der Waals surface area contributed by atoms with E-state index in [9.17, 15) is 0 Å². The Kier molecular flexibility index (Phi) is 4.19. The predicted octanol–water partition coefficient (Wildman–Crippen LogP) is 5.12. The molecule has 0 heteroatoms. The Bertz CT molecular complexity index is 260. The van der Waals surface area contributed by atoms with E-state index in [1.165, 1.54) is 25.7 Å². The maximum atomic E-state index is 2.48. The summed E-state index contributed by atoms with van der Waals surface area (Å²) in [7, 11) is 0. The molecule has 0 fully saturated rings. The van der Waals surface area contributed by atoms with E-state index in [-0.39, 0.29) is 0 Å². The van der Waals surface area contributed by atoms with Gasteiger partial charge in [-0.25, -0.2) is 0 Å². The molecule has 0 radical (unpaired) electrons. The first-order valence-corrected chi connectivity index (χ1v) is 6.25. The Balaban J connectivity index is 2.80. The average Bonchev–Trinajstić information content (AvgIpc) is 1.97. The van der Waals surface area contributed by atoms with Crippen molar-refractivity contribution >= 4 is 0 Å². The largest absolute Gasteiger partial charge is 0.0785 e. The van der Waals surface area contributed by atoms with Crippen LogP contribution in [-0.4, -0.2) is 0 Å². The van der Waals surface area contributed by atoms with Gasteiger partial charge in [0.15, 0.2) is 0 Å². The van der Waals surface area contributed by atoms with Crippen LogP contribution in [0.3, 0.4) is 0 Å². The highest BCUT2D eigenvalue weighted by Crippen LogP contribution is 2.29. The maximum absolute atomic E-state index is 2.48. The van der Waals surface area contributed by atoms with Crippen LogP contribution >= 0.6 is 0 Å². The number of hydrogen-bond donors (Lipinski definition) is 0. The minimum Gasteiger partial charge on any atom is -0.0785 e. The van der Waals surface area contributed by atoms with E-state index >= 15 is 0 Å². The van der Waals surface area contributed by atoms with Gasteiger partial charge in [-0.2, -0.15) is 0 Å². The fourth-order valence-electron chi connectivity index (χ4n) is 2.31. The highest BCUT2D eigenvalue weighted by Gasteiger charge is 2.14. The number of allylic oxidation sites excluding steroid dienone is 4. The highest BCUT2D eigenvalue weighted by atomic mass is 14.2. The van der Waals surface area contributed by atoms with Crippen molar-refractivity contribution in [3.8, 4) is 0 Å². The molecule has 1 atom stereocenters. The second kappa shape index (κ2) is 5.01. The summed E-state index contributed by atoms with van der Waals surface area (Å²) < 4.78 is 0. The zero-order valence-corrected chi connectivity index (χ0v) is 11.1. The molecule has 0 aromatic heterocycles. The summed E-state index contributed by atoms with van der Waals surface area (Å²) in [5.74, 6) is 0.756. The van der Waals surface area contributed by atoms with E-state index in [1.807, 2.05) is 0 Å². The van der Waals surface area contributed by atoms with Crippen LogP contribution < -0.4 is 0 Å². The molecule has 0 saturated carbocycles. The van der Waals surface area contributed by atoms with Crippen LogP contribution in [0.15, 0.2) is 23.3 Å². The minimum absolute atomic E-state index is 0.404. The Morgan fingerprint density at radius 3 is 2.60 bits per heavy atom. The minimum atomic E-state index is 0.404. The van der Waals surface area contributed by atoms with Crippen molar-refractivity contribution in [2.75, 3.05) is 0 Å². The molecule has 0 heterocycles. The summed E-state index contributed by atoms with van der Waals surface area (Å²) in [6.07, 6.45) is 10.1. The average molecular weight is 206 g/mol. The van der Waals surface area contributed by atoms with Crippen molar-refractivity contribution in [1.82, 2.24) is 0 Å². The lowest BCUT2D eigenvalue weighted by molar-refractivity contribution is 0.410. The van der Waals surface area contributed by atoms with Gasteiger partial charge >= 0.3 is 0 Å². The van der Waals surface area contributed by atoms with Crippen molar-refractivity contribution in [2.45, 2.75) is 60.3 Å². The second-order valence-corrected chi connectivity index (χ2v) is 6.34. The van der Waals surface area contributed by atoms with Gasteiger partial charge in [-0.1, -0.05) is 51.0 Å². The highest BCUT2D eigenvalue weighted by molar-refractivity contribution is 5.25. The van der Waals surface area contributed by atoms with E-state index in [1.54, 1.807) is 11.1 Å². The van der Waals surface area contributed by atoms with Crippen LogP contribution in [0.4, 0.5) is 0 Å². The molecule has 1 rings (SSSR count). The van der Waals surface area contributed by atoms with Crippen molar-refractivity contribution in [1.29, 1.82) is 0 Å². The van der Waals surface area contributed by atoms with E-state index in [2.05, 4.69) is 46.8 Å². The van der Waals surface area contributed by atoms with Gasteiger partial charge < -0.3 is 0 Å². The van der Waals surface area contributed by atoms with Crippen LogP contribution in [0.2, 0.25) is 0 Å². The van der Waals surface area contributed by atoms with E-state index < -0.39 is 0 Å². The third-order valence-corrected chi connectivity index (χ3v) is 2.90. The quantitative estimate of drug-likeness (QED) is 0.559. The Morgan fingerprint density at radius 2 is 2.00 bits per heavy atom. The molecular weight excluding hydrogens is 180 g/mol. The van der Waals surface area contributed by atoms with Crippen LogP contribution in [0.1, 0.15) is 60.3 Å². The van der Waals surface area contributed by atoms with Crippen molar-refractivity contribution in [2.24, 2.45) is 11.3 Å². The van der Waals surface area contributed by atoms with Crippen LogP contribution in [-0.2, 0) is 0 Å². The van der Waals surface area contributed by atoms with Gasteiger partial charge in [-0.15, -0.1) is 0 Å². The van der Waals surface area contributed by atoms with E-state index in [4.69, 9.17) is 0 Å². The van der Waals surface area contributed by atoms with Gasteiger partial charge in [-0.3, -0.25) is 0 Å². The lowest BCUT2D eigenvalue weighted by Crippen LogP contribution is -2.07. The summed E-state index contributed by atoms with van der Waals surface area (Å²) >= 11 is 0. The number of hydrogen-bond acceptors (Lipinski definition) is 0. The van der Waals surface area contributed by atoms with Crippen molar-refractivity contribution in [3.05, 3.63) is 23.3 Å². The lowest BCUT2D eigenvalue weighted by atomic mass is 9.84. The zero-order valence-electron chi connectivity index (χ0n) is 11.1. The van der Waals surface area contributed by atoms with E-state index in [0.717, 1.165) is 5.92 Å². The SMILES string of the molecule is CC1=CC(CC(C)(C)C)=CC(C)CCC1. The van der Waals surface area contributed by atoms with E-state index in [0.29, 0.717) is 5.41 Å². The topological polar surface area (TPSA) is 0 Å². The smallest absolute Gasteiger partial charge is 0.0233 e. The van der Waals surface area contributed by atoms with Gasteiger partial charge in [0.1, 0.15) is 0 Å². The fraction of sp³-hybridized carbons (Fsp3) is 0.733. The summed E-state index contributed by atoms with van der Waals surface area (Å²) in [6, 6.07) is 0. The Morgan fingerprint density at radius 1 is 1.33 bits per heavy atom. The molecule has 0 saturated heterocycles. The summed E-state index contributed by atoms with van der Waals surface area (Å²) in [4.78, 5) is 0. The van der Waals surface area contributed by atoms with Gasteiger partial charge in [0.25, 0.3) is 0 Å². The third kappa shape index (κ3) is 5.20. The molecule has 0 bridgehead atoms. The van der Waals surface area contributed by atoms with Gasteiger partial charge in [-0.05, 0) is 43.9 Å². The summed E-state index contributed by atoms with van der Waals surface area (Å²) in [5.41, 5.74) is 3.51. The molecule has 0 aromatic carbocycles. The van der Waals surface area contributed by atoms with Gasteiger partial charge in [0, 0.05) is 0 Å². The zero-order chi connectivity index (χ0) is 11.5. The standard InChI is InChI=1S/C15H26/c1-12-7-6-8-13(2)10-14(9-12)11-15(3,4)5/h9-10,12H,6-8,11H2,1-5H3. The predicted molar refractivity (Wildman–Crippen MR) is 68.9 cm³/mol. The molecule has 15 heavy (non-hydrogen) atoms. The molecular formula is C15H26. The molecule has 0 aromatic rings. The maximum Gasteiger partial charge on any atom is -0.0233 e. The summed E-state index contributed by atoms with van der Waals surface area (Å²) in [6.45, 7) is 11.6. The first-order chi connectivity index (χ1) is 6.87. The molecule has 1 aliphatic carbocycles. The molecule has 0 aliphatic heterocycles. The Labute approximate surface area is 95.5 Å². The molecule has 86 valence electrons. The summed E-state index contributed by atoms with van der Waals surface area (Å²) in [5, 5.41) is 0. The van der Waals surface area contributed by atoms with Crippen molar-refractivity contribution < 1.29 is 0 Å². The van der Waals surface area contributed by atoms with Crippen LogP contribution in [0.5, 0.6) is 0 Å². The molecule has 0 amide bonds. The Hall–Kier alpha value is -0.520. The number of rotatable bonds is 1. The lowest BCUT2D eigenvalue weighted by Gasteiger charge is -2.22. The third-order valence-electron chi connectivity index (χ3n) is 2.90. The first-order valence-electron chi connectivity index (χ1n) is 6.25. The normalized spacial score (nSPS) is 23.9. The molecule has 1 unspecified atom stereocenters. The second-order valence-electron chi connectivity index (χ2n) is 6.34. The molecule has 1 aliphatic rings. The fourth-order valence-corrected chi connectivity index (χ4v) is 2.31. The monoisotopic (exact) mass is 206 g/mol. The van der Waals surface area contributed by atoms with Crippen molar-refractivity contribution in [3.63, 3.8) is 0 Å². The molecule has 0 nitrogen and oxygen atoms in total. The van der Waals surface area contributed by atoms with Gasteiger partial charge in [0.2, 0.25) is 0 Å². The van der Waals surface area contributed by atoms with Crippen LogP contribution in [0.25, 0.3) is 0 Å². The molecule has 0 spiro atoms.